The molecule has 0 N–H and O–H groups in total. The molecule has 0 saturated carbocycles. The zero-order chi connectivity index (χ0) is 10.7. The predicted molar refractivity (Wildman–Crippen MR) is 66.6 cm³/mol. The topological polar surface area (TPSA) is 9.23 Å². The van der Waals surface area contributed by atoms with Gasteiger partial charge in [-0.15, -0.1) is 0 Å². The third kappa shape index (κ3) is 2.32. The molecule has 1 nitrogen and oxygen atoms in total. The standard InChI is InChI=1S/C13H20OSi/c1-13(2,12-8-4-3-5-9-12)15-11-7-6-10-14-15/h3-5,8-9,15H,6-7,10-11H2,1-2H3. The van der Waals surface area contributed by atoms with Crippen LogP contribution in [0.25, 0.3) is 0 Å². The van der Waals surface area contributed by atoms with Gasteiger partial charge in [-0.25, -0.2) is 0 Å². The molecule has 2 heteroatoms. The summed E-state index contributed by atoms with van der Waals surface area (Å²) in [5.41, 5.74) is 1.45. The molecule has 82 valence electrons. The zero-order valence-corrected chi connectivity index (χ0v) is 10.9. The fourth-order valence-electron chi connectivity index (χ4n) is 2.36. The van der Waals surface area contributed by atoms with E-state index in [4.69, 9.17) is 4.43 Å². The summed E-state index contributed by atoms with van der Waals surface area (Å²) < 4.78 is 6.04. The maximum atomic E-state index is 6.04. The maximum Gasteiger partial charge on any atom is 0.186 e. The first-order valence-electron chi connectivity index (χ1n) is 5.88. The smallest absolute Gasteiger partial charge is 0.186 e. The molecule has 1 aliphatic rings. The van der Waals surface area contributed by atoms with E-state index in [2.05, 4.69) is 44.2 Å². The number of hydrogen-bond donors (Lipinski definition) is 0. The molecule has 0 bridgehead atoms. The van der Waals surface area contributed by atoms with Crippen LogP contribution in [-0.4, -0.2) is 15.6 Å². The van der Waals surface area contributed by atoms with E-state index in [0.717, 1.165) is 6.61 Å². The Morgan fingerprint density at radius 1 is 1.13 bits per heavy atom. The van der Waals surface area contributed by atoms with Crippen molar-refractivity contribution in [1.29, 1.82) is 0 Å². The second-order valence-corrected chi connectivity index (χ2v) is 8.27. The SMILES string of the molecule is CC(C)(c1ccccc1)[SiH]1CCCCO1. The van der Waals surface area contributed by atoms with Crippen LogP contribution in [0.4, 0.5) is 0 Å². The lowest BCUT2D eigenvalue weighted by atomic mass is 10.0. The molecule has 1 fully saturated rings. The second kappa shape index (κ2) is 4.50. The van der Waals surface area contributed by atoms with Gasteiger partial charge in [-0.3, -0.25) is 0 Å². The molecule has 0 amide bonds. The summed E-state index contributed by atoms with van der Waals surface area (Å²) in [5.74, 6) is 0. The summed E-state index contributed by atoms with van der Waals surface area (Å²) in [6.45, 7) is 5.70. The van der Waals surface area contributed by atoms with Gasteiger partial charge in [0.25, 0.3) is 0 Å². The van der Waals surface area contributed by atoms with Gasteiger partial charge in [-0.2, -0.15) is 0 Å². The maximum absolute atomic E-state index is 6.04. The Labute approximate surface area is 94.2 Å². The van der Waals surface area contributed by atoms with Crippen molar-refractivity contribution in [2.75, 3.05) is 6.61 Å². The van der Waals surface area contributed by atoms with Crippen LogP contribution in [0.1, 0.15) is 32.3 Å². The minimum absolute atomic E-state index is 0.279. The molecule has 1 saturated heterocycles. The van der Waals surface area contributed by atoms with E-state index < -0.39 is 9.04 Å². The van der Waals surface area contributed by atoms with Gasteiger partial charge in [0.15, 0.2) is 9.04 Å². The molecule has 1 aliphatic heterocycles. The van der Waals surface area contributed by atoms with Crippen LogP contribution in [0.2, 0.25) is 6.04 Å². The predicted octanol–water partition coefficient (Wildman–Crippen LogP) is 3.04. The summed E-state index contributed by atoms with van der Waals surface area (Å²) in [6.07, 6.45) is 2.63. The molecule has 0 aromatic heterocycles. The van der Waals surface area contributed by atoms with Gasteiger partial charge in [0.2, 0.25) is 0 Å². The lowest BCUT2D eigenvalue weighted by Gasteiger charge is -2.35. The van der Waals surface area contributed by atoms with E-state index in [9.17, 15) is 0 Å². The average Bonchev–Trinajstić information content (AvgIpc) is 2.31. The van der Waals surface area contributed by atoms with Crippen molar-refractivity contribution >= 4 is 9.04 Å². The number of rotatable bonds is 2. The van der Waals surface area contributed by atoms with Crippen LogP contribution < -0.4 is 0 Å². The van der Waals surface area contributed by atoms with Gasteiger partial charge >= 0.3 is 0 Å². The molecule has 0 aliphatic carbocycles. The molecule has 15 heavy (non-hydrogen) atoms. The Morgan fingerprint density at radius 3 is 2.47 bits per heavy atom. The molecule has 1 atom stereocenters. The Hall–Kier alpha value is -0.603. The molecule has 2 rings (SSSR count). The van der Waals surface area contributed by atoms with Crippen molar-refractivity contribution < 1.29 is 4.43 Å². The molecule has 1 unspecified atom stereocenters. The lowest BCUT2D eigenvalue weighted by molar-refractivity contribution is 0.269. The molecule has 1 heterocycles. The molecule has 0 spiro atoms. The van der Waals surface area contributed by atoms with E-state index >= 15 is 0 Å². The Morgan fingerprint density at radius 2 is 1.87 bits per heavy atom. The van der Waals surface area contributed by atoms with Crippen molar-refractivity contribution in [3.05, 3.63) is 35.9 Å². The molecule has 0 radical (unpaired) electrons. The molecule has 1 aromatic rings. The normalized spacial score (nSPS) is 22.7. The monoisotopic (exact) mass is 220 g/mol. The Balaban J connectivity index is 2.18. The van der Waals surface area contributed by atoms with Crippen LogP contribution in [0, 0.1) is 0 Å². The fraction of sp³-hybridized carbons (Fsp3) is 0.538. The number of benzene rings is 1. The van der Waals surface area contributed by atoms with Crippen molar-refractivity contribution in [2.24, 2.45) is 0 Å². The highest BCUT2D eigenvalue weighted by Crippen LogP contribution is 2.31. The zero-order valence-electron chi connectivity index (χ0n) is 9.70. The summed E-state index contributed by atoms with van der Waals surface area (Å²) in [5, 5.41) is 0.279. The van der Waals surface area contributed by atoms with Crippen molar-refractivity contribution in [1.82, 2.24) is 0 Å². The summed E-state index contributed by atoms with van der Waals surface area (Å²) in [7, 11) is -1.06. The minimum Gasteiger partial charge on any atom is -0.419 e. The quantitative estimate of drug-likeness (QED) is 0.696. The van der Waals surface area contributed by atoms with E-state index in [1.807, 2.05) is 0 Å². The third-order valence-corrected chi connectivity index (χ3v) is 7.02. The molecular formula is C13H20OSi. The molecule has 1 aromatic carbocycles. The fourth-order valence-corrected chi connectivity index (χ4v) is 5.34. The first kappa shape index (κ1) is 10.9. The first-order valence-corrected chi connectivity index (χ1v) is 7.75. The van der Waals surface area contributed by atoms with Crippen LogP contribution in [-0.2, 0) is 9.46 Å². The van der Waals surface area contributed by atoms with E-state index in [-0.39, 0.29) is 5.04 Å². The van der Waals surface area contributed by atoms with Crippen LogP contribution in [0.15, 0.2) is 30.3 Å². The first-order chi connectivity index (χ1) is 7.21. The summed E-state index contributed by atoms with van der Waals surface area (Å²) in [6, 6.07) is 12.2. The lowest BCUT2D eigenvalue weighted by Crippen LogP contribution is -2.42. The Kier molecular flexibility index (Phi) is 3.27. The van der Waals surface area contributed by atoms with Crippen LogP contribution in [0.3, 0.4) is 0 Å². The van der Waals surface area contributed by atoms with Gasteiger partial charge in [0.1, 0.15) is 0 Å². The van der Waals surface area contributed by atoms with Gasteiger partial charge in [-0.05, 0) is 18.0 Å². The van der Waals surface area contributed by atoms with Gasteiger partial charge in [-0.1, -0.05) is 50.6 Å². The van der Waals surface area contributed by atoms with Crippen LogP contribution in [0.5, 0.6) is 0 Å². The van der Waals surface area contributed by atoms with Crippen molar-refractivity contribution in [3.8, 4) is 0 Å². The minimum atomic E-state index is -1.06. The van der Waals surface area contributed by atoms with Gasteiger partial charge in [0, 0.05) is 11.6 Å². The highest BCUT2D eigenvalue weighted by Gasteiger charge is 2.35. The van der Waals surface area contributed by atoms with E-state index in [1.54, 1.807) is 0 Å². The van der Waals surface area contributed by atoms with E-state index in [0.29, 0.717) is 0 Å². The molecular weight excluding hydrogens is 200 g/mol. The summed E-state index contributed by atoms with van der Waals surface area (Å²) in [4.78, 5) is 0. The van der Waals surface area contributed by atoms with Gasteiger partial charge in [0.05, 0.1) is 0 Å². The van der Waals surface area contributed by atoms with Crippen molar-refractivity contribution in [2.45, 2.75) is 37.8 Å². The highest BCUT2D eigenvalue weighted by molar-refractivity contribution is 6.55. The average molecular weight is 220 g/mol. The third-order valence-electron chi connectivity index (χ3n) is 3.50. The number of hydrogen-bond acceptors (Lipinski definition) is 1. The largest absolute Gasteiger partial charge is 0.419 e. The highest BCUT2D eigenvalue weighted by atomic mass is 28.3. The van der Waals surface area contributed by atoms with Crippen LogP contribution >= 0.6 is 0 Å². The van der Waals surface area contributed by atoms with Gasteiger partial charge < -0.3 is 4.43 Å². The van der Waals surface area contributed by atoms with E-state index in [1.165, 1.54) is 24.4 Å². The van der Waals surface area contributed by atoms with Crippen molar-refractivity contribution in [3.63, 3.8) is 0 Å². The Bertz CT molecular complexity index is 302. The summed E-state index contributed by atoms with van der Waals surface area (Å²) >= 11 is 0. The second-order valence-electron chi connectivity index (χ2n) is 4.94.